The SMILES string of the molecule is CN=C(NCCc1ccc(OC)c(OC)c1)NCC1CCN(C)CC1. The van der Waals surface area contributed by atoms with E-state index in [1.165, 1.54) is 31.5 Å². The van der Waals surface area contributed by atoms with Gasteiger partial charge in [0, 0.05) is 20.1 Å². The van der Waals surface area contributed by atoms with Crippen molar-refractivity contribution in [2.24, 2.45) is 10.9 Å². The number of piperidine rings is 1. The summed E-state index contributed by atoms with van der Waals surface area (Å²) in [6.45, 7) is 4.20. The fourth-order valence-electron chi connectivity index (χ4n) is 3.09. The average Bonchev–Trinajstić information content (AvgIpc) is 2.65. The molecule has 1 aromatic carbocycles. The molecule has 0 bridgehead atoms. The van der Waals surface area contributed by atoms with E-state index in [9.17, 15) is 0 Å². The first-order valence-corrected chi connectivity index (χ1v) is 9.00. The summed E-state index contributed by atoms with van der Waals surface area (Å²) in [4.78, 5) is 6.71. The normalized spacial score (nSPS) is 16.6. The number of likely N-dealkylation sites (tertiary alicyclic amines) is 1. The van der Waals surface area contributed by atoms with Crippen molar-refractivity contribution in [3.8, 4) is 11.5 Å². The number of guanidine groups is 1. The van der Waals surface area contributed by atoms with Crippen molar-refractivity contribution in [2.75, 3.05) is 54.5 Å². The molecule has 0 saturated carbocycles. The topological polar surface area (TPSA) is 58.1 Å². The third-order valence-corrected chi connectivity index (χ3v) is 4.77. The molecule has 0 amide bonds. The number of benzene rings is 1. The molecule has 1 saturated heterocycles. The maximum absolute atomic E-state index is 5.35. The van der Waals surface area contributed by atoms with Crippen LogP contribution in [0.25, 0.3) is 0 Å². The molecule has 1 aromatic rings. The number of nitrogens with one attached hydrogen (secondary N) is 2. The predicted molar refractivity (Wildman–Crippen MR) is 103 cm³/mol. The molecule has 0 unspecified atom stereocenters. The van der Waals surface area contributed by atoms with Gasteiger partial charge in [-0.3, -0.25) is 4.99 Å². The number of ether oxygens (including phenoxy) is 2. The van der Waals surface area contributed by atoms with E-state index in [0.29, 0.717) is 0 Å². The second-order valence-electron chi connectivity index (χ2n) is 6.57. The number of aliphatic imine (C=N–C) groups is 1. The largest absolute Gasteiger partial charge is 0.493 e. The molecule has 2 N–H and O–H groups in total. The van der Waals surface area contributed by atoms with Gasteiger partial charge in [0.1, 0.15) is 0 Å². The fourth-order valence-corrected chi connectivity index (χ4v) is 3.09. The van der Waals surface area contributed by atoms with Crippen molar-refractivity contribution in [2.45, 2.75) is 19.3 Å². The lowest BCUT2D eigenvalue weighted by Gasteiger charge is -2.29. The minimum Gasteiger partial charge on any atom is -0.493 e. The van der Waals surface area contributed by atoms with Gasteiger partial charge >= 0.3 is 0 Å². The third-order valence-electron chi connectivity index (χ3n) is 4.77. The summed E-state index contributed by atoms with van der Waals surface area (Å²) in [6, 6.07) is 6.04. The van der Waals surface area contributed by atoms with E-state index >= 15 is 0 Å². The van der Waals surface area contributed by atoms with Gasteiger partial charge in [-0.1, -0.05) is 6.07 Å². The molecule has 0 aromatic heterocycles. The molecule has 0 spiro atoms. The van der Waals surface area contributed by atoms with Crippen LogP contribution in [0.2, 0.25) is 0 Å². The summed E-state index contributed by atoms with van der Waals surface area (Å²) in [6.07, 6.45) is 3.41. The fraction of sp³-hybridized carbons (Fsp3) is 0.632. The van der Waals surface area contributed by atoms with Crippen molar-refractivity contribution in [3.63, 3.8) is 0 Å². The minimum atomic E-state index is 0.737. The lowest BCUT2D eigenvalue weighted by molar-refractivity contribution is 0.220. The average molecular weight is 348 g/mol. The molecule has 0 aliphatic carbocycles. The Bertz CT molecular complexity index is 554. The Morgan fingerprint density at radius 1 is 1.16 bits per heavy atom. The summed E-state index contributed by atoms with van der Waals surface area (Å²) in [5.74, 6) is 3.14. The summed E-state index contributed by atoms with van der Waals surface area (Å²) in [7, 11) is 7.33. The molecule has 1 aliphatic rings. The maximum Gasteiger partial charge on any atom is 0.190 e. The van der Waals surface area contributed by atoms with Crippen LogP contribution in [0, 0.1) is 5.92 Å². The highest BCUT2D eigenvalue weighted by Crippen LogP contribution is 2.27. The van der Waals surface area contributed by atoms with Crippen molar-refractivity contribution in [1.82, 2.24) is 15.5 Å². The van der Waals surface area contributed by atoms with Gasteiger partial charge in [-0.15, -0.1) is 0 Å². The monoisotopic (exact) mass is 348 g/mol. The van der Waals surface area contributed by atoms with Gasteiger partial charge in [0.2, 0.25) is 0 Å². The van der Waals surface area contributed by atoms with Crippen LogP contribution < -0.4 is 20.1 Å². The Labute approximate surface area is 151 Å². The highest BCUT2D eigenvalue weighted by molar-refractivity contribution is 5.79. The summed E-state index contributed by atoms with van der Waals surface area (Å²) in [5.41, 5.74) is 1.20. The molecule has 1 fully saturated rings. The van der Waals surface area contributed by atoms with Gasteiger partial charge in [-0.25, -0.2) is 0 Å². The van der Waals surface area contributed by atoms with E-state index in [0.717, 1.165) is 42.9 Å². The molecule has 140 valence electrons. The molecule has 1 heterocycles. The standard InChI is InChI=1S/C19H32N4O2/c1-20-19(22-14-16-8-11-23(2)12-9-16)21-10-7-15-5-6-17(24-3)18(13-15)25-4/h5-6,13,16H,7-12,14H2,1-4H3,(H2,20,21,22). The van der Waals surface area contributed by atoms with Crippen molar-refractivity contribution in [1.29, 1.82) is 0 Å². The van der Waals surface area contributed by atoms with Crippen molar-refractivity contribution >= 4 is 5.96 Å². The first-order chi connectivity index (χ1) is 12.2. The molecule has 6 nitrogen and oxygen atoms in total. The van der Waals surface area contributed by atoms with Crippen LogP contribution in [-0.4, -0.2) is 65.4 Å². The maximum atomic E-state index is 5.35. The molecular formula is C19H32N4O2. The van der Waals surface area contributed by atoms with Crippen LogP contribution >= 0.6 is 0 Å². The van der Waals surface area contributed by atoms with Crippen LogP contribution in [-0.2, 0) is 6.42 Å². The Morgan fingerprint density at radius 3 is 2.52 bits per heavy atom. The predicted octanol–water partition coefficient (Wildman–Crippen LogP) is 1.75. The Kier molecular flexibility index (Phi) is 7.85. The quantitative estimate of drug-likeness (QED) is 0.581. The van der Waals surface area contributed by atoms with Gasteiger partial charge in [0.25, 0.3) is 0 Å². The Morgan fingerprint density at radius 2 is 1.88 bits per heavy atom. The second kappa shape index (κ2) is 10.1. The lowest BCUT2D eigenvalue weighted by Crippen LogP contribution is -2.42. The Balaban J connectivity index is 1.74. The van der Waals surface area contributed by atoms with Gasteiger partial charge < -0.3 is 25.0 Å². The molecule has 6 heteroatoms. The minimum absolute atomic E-state index is 0.737. The number of hydrogen-bond donors (Lipinski definition) is 2. The third kappa shape index (κ3) is 6.12. The molecule has 1 aliphatic heterocycles. The summed E-state index contributed by atoms with van der Waals surface area (Å²) in [5, 5.41) is 6.85. The molecular weight excluding hydrogens is 316 g/mol. The molecule has 25 heavy (non-hydrogen) atoms. The number of nitrogens with zero attached hydrogens (tertiary/aromatic N) is 2. The van der Waals surface area contributed by atoms with Gasteiger partial charge in [0.15, 0.2) is 17.5 Å². The van der Waals surface area contributed by atoms with Gasteiger partial charge in [-0.05, 0) is 63.0 Å². The first-order valence-electron chi connectivity index (χ1n) is 9.00. The number of hydrogen-bond acceptors (Lipinski definition) is 4. The van der Waals surface area contributed by atoms with Crippen LogP contribution in [0.1, 0.15) is 18.4 Å². The highest BCUT2D eigenvalue weighted by atomic mass is 16.5. The van der Waals surface area contributed by atoms with Crippen molar-refractivity contribution in [3.05, 3.63) is 23.8 Å². The van der Waals surface area contributed by atoms with E-state index in [2.05, 4.69) is 33.6 Å². The molecule has 0 atom stereocenters. The molecule has 2 rings (SSSR count). The zero-order valence-electron chi connectivity index (χ0n) is 16.0. The first kappa shape index (κ1) is 19.4. The number of methoxy groups -OCH3 is 2. The highest BCUT2D eigenvalue weighted by Gasteiger charge is 2.16. The smallest absolute Gasteiger partial charge is 0.190 e. The van der Waals surface area contributed by atoms with Crippen LogP contribution in [0.4, 0.5) is 0 Å². The van der Waals surface area contributed by atoms with E-state index in [4.69, 9.17) is 9.47 Å². The zero-order valence-corrected chi connectivity index (χ0v) is 16.0. The van der Waals surface area contributed by atoms with Crippen LogP contribution in [0.5, 0.6) is 11.5 Å². The van der Waals surface area contributed by atoms with E-state index in [1.54, 1.807) is 14.2 Å². The van der Waals surface area contributed by atoms with Crippen LogP contribution in [0.15, 0.2) is 23.2 Å². The van der Waals surface area contributed by atoms with E-state index < -0.39 is 0 Å². The number of rotatable bonds is 7. The Hall–Kier alpha value is -1.95. The van der Waals surface area contributed by atoms with E-state index in [-0.39, 0.29) is 0 Å². The van der Waals surface area contributed by atoms with E-state index in [1.807, 2.05) is 19.2 Å². The van der Waals surface area contributed by atoms with Crippen LogP contribution in [0.3, 0.4) is 0 Å². The summed E-state index contributed by atoms with van der Waals surface area (Å²) < 4.78 is 10.6. The lowest BCUT2D eigenvalue weighted by atomic mass is 9.97. The van der Waals surface area contributed by atoms with Crippen molar-refractivity contribution < 1.29 is 9.47 Å². The van der Waals surface area contributed by atoms with Gasteiger partial charge in [0.05, 0.1) is 14.2 Å². The zero-order chi connectivity index (χ0) is 18.1. The van der Waals surface area contributed by atoms with Gasteiger partial charge in [-0.2, -0.15) is 0 Å². The second-order valence-corrected chi connectivity index (χ2v) is 6.57. The molecule has 0 radical (unpaired) electrons. The summed E-state index contributed by atoms with van der Waals surface area (Å²) >= 11 is 0.